The zero-order chi connectivity index (χ0) is 16.6. The van der Waals surface area contributed by atoms with Gasteiger partial charge in [0.25, 0.3) is 0 Å². The Labute approximate surface area is 142 Å². The van der Waals surface area contributed by atoms with Crippen LogP contribution in [0.3, 0.4) is 0 Å². The highest BCUT2D eigenvalue weighted by atomic mass is 32.2. The Kier molecular flexibility index (Phi) is 5.10. The second-order valence-corrected chi connectivity index (χ2v) is 9.89. The van der Waals surface area contributed by atoms with E-state index in [0.717, 1.165) is 13.1 Å². The SMILES string of the molecule is Cc1ccc(CN2C[C@H](O)[C@@H](N3CCN(S(C)(=O)=O)CC3)C2)s1. The van der Waals surface area contributed by atoms with E-state index in [4.69, 9.17) is 0 Å². The summed E-state index contributed by atoms with van der Waals surface area (Å²) in [5, 5.41) is 10.4. The number of nitrogens with zero attached hydrogens (tertiary/aromatic N) is 3. The number of rotatable bonds is 4. The molecule has 3 rings (SSSR count). The largest absolute Gasteiger partial charge is 0.390 e. The number of piperazine rings is 1. The summed E-state index contributed by atoms with van der Waals surface area (Å²) in [4.78, 5) is 7.18. The summed E-state index contributed by atoms with van der Waals surface area (Å²) >= 11 is 1.81. The Bertz CT molecular complexity index is 638. The van der Waals surface area contributed by atoms with Crippen LogP contribution in [0.25, 0.3) is 0 Å². The molecule has 130 valence electrons. The normalized spacial score (nSPS) is 28.5. The van der Waals surface area contributed by atoms with Crippen molar-refractivity contribution in [2.45, 2.75) is 25.6 Å². The van der Waals surface area contributed by atoms with Crippen LogP contribution in [0, 0.1) is 6.92 Å². The van der Waals surface area contributed by atoms with Crippen molar-refractivity contribution < 1.29 is 13.5 Å². The molecule has 3 heterocycles. The summed E-state index contributed by atoms with van der Waals surface area (Å²) < 4.78 is 24.7. The Morgan fingerprint density at radius 2 is 1.91 bits per heavy atom. The minimum atomic E-state index is -3.10. The van der Waals surface area contributed by atoms with Crippen LogP contribution in [0.1, 0.15) is 9.75 Å². The molecular weight excluding hydrogens is 334 g/mol. The minimum absolute atomic E-state index is 0.109. The Balaban J connectivity index is 1.55. The highest BCUT2D eigenvalue weighted by molar-refractivity contribution is 7.88. The molecule has 1 N–H and O–H groups in total. The lowest BCUT2D eigenvalue weighted by Crippen LogP contribution is -2.54. The summed E-state index contributed by atoms with van der Waals surface area (Å²) in [6, 6.07) is 4.40. The van der Waals surface area contributed by atoms with Crippen LogP contribution >= 0.6 is 11.3 Å². The number of aliphatic hydroxyl groups excluding tert-OH is 1. The first-order chi connectivity index (χ1) is 10.8. The summed E-state index contributed by atoms with van der Waals surface area (Å²) in [5.74, 6) is 0. The van der Waals surface area contributed by atoms with Crippen LogP contribution < -0.4 is 0 Å². The summed E-state index contributed by atoms with van der Waals surface area (Å²) in [6.45, 7) is 6.96. The standard InChI is InChI=1S/C15H25N3O3S2/c1-12-3-4-13(22-12)9-16-10-14(15(19)11-16)17-5-7-18(8-6-17)23(2,20)21/h3-4,14-15,19H,5-11H2,1-2H3/t14-,15-/m0/s1. The van der Waals surface area contributed by atoms with Gasteiger partial charge in [0.2, 0.25) is 10.0 Å². The van der Waals surface area contributed by atoms with Crippen LogP contribution in [0.5, 0.6) is 0 Å². The van der Waals surface area contributed by atoms with Crippen molar-refractivity contribution in [1.82, 2.24) is 14.1 Å². The number of aliphatic hydroxyl groups is 1. The highest BCUT2D eigenvalue weighted by Gasteiger charge is 2.37. The maximum Gasteiger partial charge on any atom is 0.211 e. The van der Waals surface area contributed by atoms with E-state index in [2.05, 4.69) is 28.9 Å². The van der Waals surface area contributed by atoms with Crippen molar-refractivity contribution in [2.24, 2.45) is 0 Å². The predicted octanol–water partition coefficient (Wildman–Crippen LogP) is 0.179. The lowest BCUT2D eigenvalue weighted by molar-refractivity contribution is 0.0619. The average molecular weight is 360 g/mol. The van der Waals surface area contributed by atoms with Gasteiger partial charge in [0.15, 0.2) is 0 Å². The van der Waals surface area contributed by atoms with E-state index >= 15 is 0 Å². The third-order valence-corrected chi connectivity index (χ3v) is 7.01. The third kappa shape index (κ3) is 4.12. The Hall–Kier alpha value is -0.510. The van der Waals surface area contributed by atoms with Crippen molar-refractivity contribution in [3.63, 3.8) is 0 Å². The molecule has 0 radical (unpaired) electrons. The van der Waals surface area contributed by atoms with E-state index < -0.39 is 10.0 Å². The molecule has 0 aliphatic carbocycles. The van der Waals surface area contributed by atoms with Crippen LogP contribution in [0.15, 0.2) is 12.1 Å². The van der Waals surface area contributed by atoms with E-state index in [1.165, 1.54) is 20.3 Å². The first-order valence-corrected chi connectivity index (χ1v) is 10.6. The lowest BCUT2D eigenvalue weighted by Gasteiger charge is -2.37. The molecule has 23 heavy (non-hydrogen) atoms. The van der Waals surface area contributed by atoms with Crippen molar-refractivity contribution in [2.75, 3.05) is 45.5 Å². The molecule has 2 fully saturated rings. The predicted molar refractivity (Wildman–Crippen MR) is 92.1 cm³/mol. The van der Waals surface area contributed by atoms with Crippen LogP contribution in [-0.2, 0) is 16.6 Å². The monoisotopic (exact) mass is 359 g/mol. The van der Waals surface area contributed by atoms with Crippen molar-refractivity contribution in [3.05, 3.63) is 21.9 Å². The van der Waals surface area contributed by atoms with Gasteiger partial charge in [-0.25, -0.2) is 8.42 Å². The second kappa shape index (κ2) is 6.78. The second-order valence-electron chi connectivity index (χ2n) is 6.54. The molecule has 0 unspecified atom stereocenters. The summed E-state index contributed by atoms with van der Waals surface area (Å²) in [7, 11) is -3.10. The summed E-state index contributed by atoms with van der Waals surface area (Å²) in [5.41, 5.74) is 0. The first kappa shape index (κ1) is 17.3. The molecule has 0 saturated carbocycles. The highest BCUT2D eigenvalue weighted by Crippen LogP contribution is 2.23. The Morgan fingerprint density at radius 1 is 1.22 bits per heavy atom. The molecule has 6 nitrogen and oxygen atoms in total. The third-order valence-electron chi connectivity index (χ3n) is 4.72. The number of likely N-dealkylation sites (tertiary alicyclic amines) is 1. The fraction of sp³-hybridized carbons (Fsp3) is 0.733. The van der Waals surface area contributed by atoms with Gasteiger partial charge in [-0.2, -0.15) is 4.31 Å². The molecule has 2 saturated heterocycles. The number of β-amino-alcohol motifs (C(OH)–C–C–N with tert-alkyl or cyclic N) is 1. The van der Waals surface area contributed by atoms with Crippen LogP contribution in [-0.4, -0.2) is 85.3 Å². The lowest BCUT2D eigenvalue weighted by atomic mass is 10.1. The molecule has 2 atom stereocenters. The van der Waals surface area contributed by atoms with Gasteiger partial charge in [-0.05, 0) is 19.1 Å². The van der Waals surface area contributed by atoms with Gasteiger partial charge in [-0.3, -0.25) is 9.80 Å². The van der Waals surface area contributed by atoms with E-state index in [9.17, 15) is 13.5 Å². The number of hydrogen-bond acceptors (Lipinski definition) is 6. The number of sulfonamides is 1. The van der Waals surface area contributed by atoms with E-state index in [1.54, 1.807) is 11.3 Å². The van der Waals surface area contributed by atoms with Gasteiger partial charge in [0.05, 0.1) is 12.4 Å². The zero-order valence-corrected chi connectivity index (χ0v) is 15.3. The van der Waals surface area contributed by atoms with E-state index in [-0.39, 0.29) is 12.1 Å². The molecule has 1 aromatic heterocycles. The molecule has 0 aromatic carbocycles. The molecule has 0 bridgehead atoms. The van der Waals surface area contributed by atoms with Gasteiger partial charge in [0.1, 0.15) is 0 Å². The Morgan fingerprint density at radius 3 is 2.48 bits per heavy atom. The molecule has 2 aliphatic heterocycles. The van der Waals surface area contributed by atoms with Gasteiger partial charge in [-0.15, -0.1) is 11.3 Å². The maximum absolute atomic E-state index is 11.6. The summed E-state index contributed by atoms with van der Waals surface area (Å²) in [6.07, 6.45) is 0.901. The number of thiophene rings is 1. The van der Waals surface area contributed by atoms with E-state index in [0.29, 0.717) is 32.7 Å². The fourth-order valence-corrected chi connectivity index (χ4v) is 5.25. The van der Waals surface area contributed by atoms with Gasteiger partial charge < -0.3 is 5.11 Å². The first-order valence-electron chi connectivity index (χ1n) is 7.98. The van der Waals surface area contributed by atoms with Gasteiger partial charge in [-0.1, -0.05) is 0 Å². The molecule has 1 aromatic rings. The van der Waals surface area contributed by atoms with Gasteiger partial charge >= 0.3 is 0 Å². The average Bonchev–Trinajstić information content (AvgIpc) is 3.04. The topological polar surface area (TPSA) is 64.1 Å². The molecule has 2 aliphatic rings. The number of aryl methyl sites for hydroxylation is 1. The quantitative estimate of drug-likeness (QED) is 0.831. The molecule has 8 heteroatoms. The minimum Gasteiger partial charge on any atom is -0.390 e. The smallest absolute Gasteiger partial charge is 0.211 e. The van der Waals surface area contributed by atoms with Crippen LogP contribution in [0.2, 0.25) is 0 Å². The van der Waals surface area contributed by atoms with Crippen LogP contribution in [0.4, 0.5) is 0 Å². The van der Waals surface area contributed by atoms with Crippen molar-refractivity contribution >= 4 is 21.4 Å². The fourth-order valence-electron chi connectivity index (χ4n) is 3.49. The molecular formula is C15H25N3O3S2. The molecule has 0 spiro atoms. The maximum atomic E-state index is 11.6. The van der Waals surface area contributed by atoms with E-state index in [1.807, 2.05) is 0 Å². The number of hydrogen-bond donors (Lipinski definition) is 1. The van der Waals surface area contributed by atoms with Crippen molar-refractivity contribution in [1.29, 1.82) is 0 Å². The zero-order valence-electron chi connectivity index (χ0n) is 13.7. The van der Waals surface area contributed by atoms with Gasteiger partial charge in [0, 0.05) is 61.6 Å². The molecule has 0 amide bonds. The van der Waals surface area contributed by atoms with Crippen molar-refractivity contribution in [3.8, 4) is 0 Å².